The molecule has 1 spiro atoms. The molecule has 1 amide bonds. The van der Waals surface area contributed by atoms with Crippen molar-refractivity contribution >= 4 is 6.09 Å². The van der Waals surface area contributed by atoms with Crippen LogP contribution in [0.5, 0.6) is 0 Å². The lowest BCUT2D eigenvalue weighted by molar-refractivity contribution is -0.793. The molecule has 20 heavy (non-hydrogen) atoms. The molecule has 2 rings (SSSR count). The number of carbonyl (C=O) groups excluding carboxylic acids is 1. The minimum Gasteiger partial charge on any atom is -0.437 e. The fourth-order valence-electron chi connectivity index (χ4n) is 4.25. The van der Waals surface area contributed by atoms with Crippen LogP contribution in [-0.4, -0.2) is 56.8 Å². The molecule has 0 aliphatic carbocycles. The van der Waals surface area contributed by atoms with Gasteiger partial charge in [-0.3, -0.25) is 4.90 Å². The first kappa shape index (κ1) is 15.5. The van der Waals surface area contributed by atoms with E-state index in [4.69, 9.17) is 9.84 Å². The van der Waals surface area contributed by atoms with E-state index in [2.05, 4.69) is 33.0 Å². The van der Waals surface area contributed by atoms with Crippen molar-refractivity contribution in [3.63, 3.8) is 0 Å². The predicted molar refractivity (Wildman–Crippen MR) is 72.9 cm³/mol. The molecule has 116 valence electrons. The van der Waals surface area contributed by atoms with E-state index in [-0.39, 0.29) is 24.2 Å². The van der Waals surface area contributed by atoms with E-state index in [1.807, 2.05) is 0 Å². The summed E-state index contributed by atoms with van der Waals surface area (Å²) in [7, 11) is 0. The van der Waals surface area contributed by atoms with Gasteiger partial charge in [0.05, 0.1) is 24.2 Å². The standard InChI is InChI=1S/C14H26N2O4/c1-11(2)8-14(9-12(3,4)15-11)13(5,19)16(6-7-17)10(18)20-14/h15,17,19H,6-9H2,1-5H3/p+1/t13-/m0/s1. The van der Waals surface area contributed by atoms with Gasteiger partial charge in [-0.05, 0) is 34.6 Å². The lowest BCUT2D eigenvalue weighted by atomic mass is 9.68. The molecule has 6 heteroatoms. The maximum atomic E-state index is 12.1. The number of nitrogens with zero attached hydrogens (tertiary/aromatic N) is 1. The van der Waals surface area contributed by atoms with Gasteiger partial charge in [0, 0.05) is 12.8 Å². The van der Waals surface area contributed by atoms with E-state index in [1.165, 1.54) is 4.90 Å². The van der Waals surface area contributed by atoms with Crippen molar-refractivity contribution in [3.05, 3.63) is 0 Å². The highest BCUT2D eigenvalue weighted by atomic mass is 16.6. The third-order valence-electron chi connectivity index (χ3n) is 4.48. The molecule has 2 aliphatic rings. The van der Waals surface area contributed by atoms with Crippen LogP contribution in [-0.2, 0) is 4.74 Å². The first-order chi connectivity index (χ1) is 8.95. The quantitative estimate of drug-likeness (QED) is 0.656. The van der Waals surface area contributed by atoms with Gasteiger partial charge in [-0.2, -0.15) is 0 Å². The Morgan fingerprint density at radius 2 is 1.70 bits per heavy atom. The highest BCUT2D eigenvalue weighted by molar-refractivity contribution is 5.72. The normalized spacial score (nSPS) is 34.4. The number of aliphatic hydroxyl groups is 2. The van der Waals surface area contributed by atoms with Crippen LogP contribution in [0.1, 0.15) is 47.5 Å². The van der Waals surface area contributed by atoms with Gasteiger partial charge < -0.3 is 20.3 Å². The Kier molecular flexibility index (Phi) is 3.36. The first-order valence-corrected chi connectivity index (χ1v) is 7.16. The summed E-state index contributed by atoms with van der Waals surface area (Å²) < 4.78 is 5.65. The highest BCUT2D eigenvalue weighted by Crippen LogP contribution is 2.47. The van der Waals surface area contributed by atoms with Crippen molar-refractivity contribution in [1.82, 2.24) is 4.90 Å². The van der Waals surface area contributed by atoms with E-state index in [9.17, 15) is 9.90 Å². The minimum absolute atomic E-state index is 0.0815. The van der Waals surface area contributed by atoms with Crippen molar-refractivity contribution < 1.29 is 25.1 Å². The number of rotatable bonds is 2. The van der Waals surface area contributed by atoms with E-state index in [0.717, 1.165) is 0 Å². The smallest absolute Gasteiger partial charge is 0.412 e. The topological polar surface area (TPSA) is 86.6 Å². The number of amides is 1. The first-order valence-electron chi connectivity index (χ1n) is 7.16. The van der Waals surface area contributed by atoms with Crippen molar-refractivity contribution in [1.29, 1.82) is 0 Å². The van der Waals surface area contributed by atoms with Gasteiger partial charge in [-0.1, -0.05) is 0 Å². The lowest BCUT2D eigenvalue weighted by Crippen LogP contribution is -3.07. The van der Waals surface area contributed by atoms with Crippen molar-refractivity contribution in [3.8, 4) is 0 Å². The molecule has 0 aromatic heterocycles. The Labute approximate surface area is 120 Å². The average Bonchev–Trinajstić information content (AvgIpc) is 2.34. The Bertz CT molecular complexity index is 401. The maximum Gasteiger partial charge on any atom is 0.412 e. The zero-order valence-electron chi connectivity index (χ0n) is 13.1. The van der Waals surface area contributed by atoms with Crippen LogP contribution in [0.2, 0.25) is 0 Å². The number of quaternary nitrogens is 1. The molecule has 0 aromatic carbocycles. The number of hydrogen-bond acceptors (Lipinski definition) is 4. The average molecular weight is 287 g/mol. The zero-order valence-corrected chi connectivity index (χ0v) is 13.1. The number of β-amino-alcohol motifs (C(OH)–C–C–N with tert-alkyl or cyclic N) is 1. The number of hydrogen-bond donors (Lipinski definition) is 3. The van der Waals surface area contributed by atoms with Crippen LogP contribution in [0.25, 0.3) is 0 Å². The second-order valence-corrected chi connectivity index (χ2v) is 7.73. The Morgan fingerprint density at radius 3 is 2.15 bits per heavy atom. The number of nitrogens with two attached hydrogens (primary N) is 1. The second-order valence-electron chi connectivity index (χ2n) is 7.73. The third-order valence-corrected chi connectivity index (χ3v) is 4.48. The molecule has 0 radical (unpaired) electrons. The third kappa shape index (κ3) is 2.29. The van der Waals surface area contributed by atoms with Gasteiger partial charge in [0.15, 0.2) is 11.3 Å². The van der Waals surface area contributed by atoms with Crippen LogP contribution < -0.4 is 5.32 Å². The summed E-state index contributed by atoms with van der Waals surface area (Å²) in [5.41, 5.74) is -2.61. The van der Waals surface area contributed by atoms with E-state index in [1.54, 1.807) is 6.92 Å². The fraction of sp³-hybridized carbons (Fsp3) is 0.929. The number of carbonyl (C=O) groups is 1. The summed E-state index contributed by atoms with van der Waals surface area (Å²) in [6.07, 6.45) is 0.603. The Morgan fingerprint density at radius 1 is 1.20 bits per heavy atom. The van der Waals surface area contributed by atoms with Crippen LogP contribution >= 0.6 is 0 Å². The zero-order chi connectivity index (χ0) is 15.4. The lowest BCUT2D eigenvalue weighted by Gasteiger charge is -2.51. The summed E-state index contributed by atoms with van der Waals surface area (Å²) in [6, 6.07) is 0. The molecular weight excluding hydrogens is 260 g/mol. The summed E-state index contributed by atoms with van der Waals surface area (Å²) >= 11 is 0. The predicted octanol–water partition coefficient (Wildman–Crippen LogP) is -0.207. The van der Waals surface area contributed by atoms with Gasteiger partial charge >= 0.3 is 6.09 Å². The second kappa shape index (κ2) is 4.32. The van der Waals surface area contributed by atoms with Gasteiger partial charge in [0.2, 0.25) is 0 Å². The number of ether oxygens (including phenoxy) is 1. The maximum absolute atomic E-state index is 12.1. The van der Waals surface area contributed by atoms with Crippen molar-refractivity contribution in [2.45, 2.75) is 69.9 Å². The molecule has 2 fully saturated rings. The van der Waals surface area contributed by atoms with E-state index >= 15 is 0 Å². The molecule has 0 saturated carbocycles. The van der Waals surface area contributed by atoms with E-state index in [0.29, 0.717) is 12.8 Å². The molecule has 4 N–H and O–H groups in total. The van der Waals surface area contributed by atoms with Gasteiger partial charge in [0.25, 0.3) is 0 Å². The molecule has 1 atom stereocenters. The minimum atomic E-state index is -1.41. The van der Waals surface area contributed by atoms with Crippen LogP contribution in [0.3, 0.4) is 0 Å². The van der Waals surface area contributed by atoms with Gasteiger partial charge in [-0.15, -0.1) is 0 Å². The van der Waals surface area contributed by atoms with Gasteiger partial charge in [-0.25, -0.2) is 4.79 Å². The molecule has 6 nitrogen and oxygen atoms in total. The van der Waals surface area contributed by atoms with Crippen LogP contribution in [0.4, 0.5) is 4.79 Å². The largest absolute Gasteiger partial charge is 0.437 e. The van der Waals surface area contributed by atoms with Crippen molar-refractivity contribution in [2.24, 2.45) is 0 Å². The van der Waals surface area contributed by atoms with Crippen LogP contribution in [0, 0.1) is 0 Å². The van der Waals surface area contributed by atoms with Crippen molar-refractivity contribution in [2.75, 3.05) is 13.2 Å². The number of piperidine rings is 1. The molecule has 2 saturated heterocycles. The summed E-state index contributed by atoms with van der Waals surface area (Å²) in [6.45, 7) is 9.87. The molecule has 0 bridgehead atoms. The fourth-order valence-corrected chi connectivity index (χ4v) is 4.25. The summed E-state index contributed by atoms with van der Waals surface area (Å²) in [4.78, 5) is 13.3. The summed E-state index contributed by atoms with van der Waals surface area (Å²) in [5.74, 6) is 0. The Balaban J connectivity index is 2.41. The summed E-state index contributed by atoms with van der Waals surface area (Å²) in [5, 5.41) is 22.3. The Hall–Kier alpha value is -0.850. The molecular formula is C14H27N2O4+. The molecule has 0 aromatic rings. The SMILES string of the molecule is CC1(C)CC2(CC(C)(C)[NH2+]1)OC(=O)N(CCO)[C@@]2(C)O. The highest BCUT2D eigenvalue weighted by Gasteiger charge is 2.68. The van der Waals surface area contributed by atoms with Crippen LogP contribution in [0.15, 0.2) is 0 Å². The molecule has 2 aliphatic heterocycles. The molecule has 2 heterocycles. The van der Waals surface area contributed by atoms with E-state index < -0.39 is 17.4 Å². The monoisotopic (exact) mass is 287 g/mol. The molecule has 0 unspecified atom stereocenters. The van der Waals surface area contributed by atoms with Gasteiger partial charge in [0.1, 0.15) is 0 Å². The number of aliphatic hydroxyl groups excluding tert-OH is 1.